The second kappa shape index (κ2) is 8.04. The minimum Gasteiger partial charge on any atom is -0.465 e. The van der Waals surface area contributed by atoms with Crippen molar-refractivity contribution < 1.29 is 14.3 Å². The molecule has 2 aromatic rings. The molecule has 0 aliphatic carbocycles. The van der Waals surface area contributed by atoms with E-state index in [0.717, 1.165) is 24.7 Å². The van der Waals surface area contributed by atoms with Crippen LogP contribution in [0.2, 0.25) is 0 Å². The molecule has 0 bridgehead atoms. The van der Waals surface area contributed by atoms with Crippen LogP contribution >= 0.6 is 0 Å². The summed E-state index contributed by atoms with van der Waals surface area (Å²) in [5, 5.41) is 2.88. The maximum Gasteiger partial charge on any atom is 0.337 e. The summed E-state index contributed by atoms with van der Waals surface area (Å²) in [6, 6.07) is 14.3. The van der Waals surface area contributed by atoms with Gasteiger partial charge in [0.2, 0.25) is 0 Å². The Kier molecular flexibility index (Phi) is 5.56. The van der Waals surface area contributed by atoms with Crippen molar-refractivity contribution in [3.05, 3.63) is 59.7 Å². The number of benzene rings is 2. The van der Waals surface area contributed by atoms with Gasteiger partial charge >= 0.3 is 5.97 Å². The van der Waals surface area contributed by atoms with Crippen LogP contribution in [0.25, 0.3) is 0 Å². The second-order valence-corrected chi connectivity index (χ2v) is 6.74. The molecule has 0 spiro atoms. The summed E-state index contributed by atoms with van der Waals surface area (Å²) in [7, 11) is 1.33. The van der Waals surface area contributed by atoms with Crippen LogP contribution in [0.4, 0.5) is 11.4 Å². The number of piperidine rings is 1. The first kappa shape index (κ1) is 18.0. The van der Waals surface area contributed by atoms with E-state index in [0.29, 0.717) is 11.1 Å². The Balaban J connectivity index is 1.61. The summed E-state index contributed by atoms with van der Waals surface area (Å²) in [6.45, 7) is 4.46. The van der Waals surface area contributed by atoms with Crippen molar-refractivity contribution in [1.29, 1.82) is 0 Å². The van der Waals surface area contributed by atoms with Gasteiger partial charge in [-0.05, 0) is 67.3 Å². The zero-order chi connectivity index (χ0) is 18.5. The van der Waals surface area contributed by atoms with E-state index in [-0.39, 0.29) is 5.91 Å². The average molecular weight is 352 g/mol. The van der Waals surface area contributed by atoms with E-state index < -0.39 is 5.97 Å². The molecule has 0 saturated carbocycles. The highest BCUT2D eigenvalue weighted by Gasteiger charge is 2.16. The van der Waals surface area contributed by atoms with Crippen LogP contribution in [0.3, 0.4) is 0 Å². The first-order valence-electron chi connectivity index (χ1n) is 8.91. The smallest absolute Gasteiger partial charge is 0.337 e. The predicted molar refractivity (Wildman–Crippen MR) is 103 cm³/mol. The number of carbonyl (C=O) groups excluding carboxylic acids is 2. The van der Waals surface area contributed by atoms with Crippen molar-refractivity contribution in [2.45, 2.75) is 19.8 Å². The Hall–Kier alpha value is -2.82. The number of methoxy groups -OCH3 is 1. The van der Waals surface area contributed by atoms with E-state index in [1.54, 1.807) is 24.3 Å². The van der Waals surface area contributed by atoms with Gasteiger partial charge in [-0.1, -0.05) is 6.92 Å². The van der Waals surface area contributed by atoms with E-state index in [1.807, 2.05) is 24.3 Å². The van der Waals surface area contributed by atoms with Gasteiger partial charge in [0.1, 0.15) is 0 Å². The molecule has 2 aromatic carbocycles. The molecule has 136 valence electrons. The monoisotopic (exact) mass is 352 g/mol. The zero-order valence-electron chi connectivity index (χ0n) is 15.2. The largest absolute Gasteiger partial charge is 0.465 e. The van der Waals surface area contributed by atoms with Crippen LogP contribution in [-0.2, 0) is 4.74 Å². The lowest BCUT2D eigenvalue weighted by molar-refractivity contribution is 0.0600. The predicted octanol–water partition coefficient (Wildman–Crippen LogP) is 3.96. The highest BCUT2D eigenvalue weighted by molar-refractivity contribution is 6.04. The maximum absolute atomic E-state index is 12.3. The van der Waals surface area contributed by atoms with Gasteiger partial charge in [-0.2, -0.15) is 0 Å². The Morgan fingerprint density at radius 1 is 0.962 bits per heavy atom. The summed E-state index contributed by atoms with van der Waals surface area (Å²) in [5.41, 5.74) is 2.86. The molecule has 1 aliphatic heterocycles. The minimum atomic E-state index is -0.417. The molecule has 0 aromatic heterocycles. The van der Waals surface area contributed by atoms with Crippen LogP contribution in [0.5, 0.6) is 0 Å². The number of rotatable bonds is 4. The molecule has 0 unspecified atom stereocenters. The molecule has 26 heavy (non-hydrogen) atoms. The average Bonchev–Trinajstić information content (AvgIpc) is 2.69. The zero-order valence-corrected chi connectivity index (χ0v) is 15.2. The SMILES string of the molecule is COC(=O)c1ccc(C(=O)Nc2ccc(N3CCC(C)CC3)cc2)cc1. The Labute approximate surface area is 154 Å². The summed E-state index contributed by atoms with van der Waals surface area (Å²) >= 11 is 0. The summed E-state index contributed by atoms with van der Waals surface area (Å²) < 4.78 is 4.66. The third-order valence-electron chi connectivity index (χ3n) is 4.84. The molecule has 1 aliphatic rings. The van der Waals surface area contributed by atoms with Crippen molar-refractivity contribution in [3.63, 3.8) is 0 Å². The third kappa shape index (κ3) is 4.23. The molecule has 1 fully saturated rings. The van der Waals surface area contributed by atoms with Crippen LogP contribution in [-0.4, -0.2) is 32.1 Å². The fourth-order valence-electron chi connectivity index (χ4n) is 3.10. The van der Waals surface area contributed by atoms with E-state index in [1.165, 1.54) is 25.6 Å². The van der Waals surface area contributed by atoms with Gasteiger partial charge in [-0.15, -0.1) is 0 Å². The summed E-state index contributed by atoms with van der Waals surface area (Å²) in [5.74, 6) is 0.177. The molecular formula is C21H24N2O3. The fraction of sp³-hybridized carbons (Fsp3) is 0.333. The molecule has 1 saturated heterocycles. The third-order valence-corrected chi connectivity index (χ3v) is 4.84. The van der Waals surface area contributed by atoms with Gasteiger partial charge in [0.15, 0.2) is 0 Å². The van der Waals surface area contributed by atoms with Crippen LogP contribution < -0.4 is 10.2 Å². The molecule has 0 radical (unpaired) electrons. The molecule has 1 amide bonds. The summed E-state index contributed by atoms with van der Waals surface area (Å²) in [6.07, 6.45) is 2.44. The number of amides is 1. The van der Waals surface area contributed by atoms with Crippen molar-refractivity contribution in [2.24, 2.45) is 5.92 Å². The van der Waals surface area contributed by atoms with E-state index in [9.17, 15) is 9.59 Å². The standard InChI is InChI=1S/C21H24N2O3/c1-15-11-13-23(14-12-15)19-9-7-18(8-10-19)22-20(24)16-3-5-17(6-4-16)21(25)26-2/h3-10,15H,11-14H2,1-2H3,(H,22,24). The molecule has 1 heterocycles. The molecule has 3 rings (SSSR count). The second-order valence-electron chi connectivity index (χ2n) is 6.74. The highest BCUT2D eigenvalue weighted by atomic mass is 16.5. The Bertz CT molecular complexity index is 761. The summed E-state index contributed by atoms with van der Waals surface area (Å²) in [4.78, 5) is 26.2. The van der Waals surface area contributed by atoms with Gasteiger partial charge in [-0.25, -0.2) is 4.79 Å². The van der Waals surface area contributed by atoms with Crippen molar-refractivity contribution >= 4 is 23.3 Å². The number of hydrogen-bond acceptors (Lipinski definition) is 4. The highest BCUT2D eigenvalue weighted by Crippen LogP contribution is 2.24. The minimum absolute atomic E-state index is 0.207. The number of nitrogens with one attached hydrogen (secondary N) is 1. The number of nitrogens with zero attached hydrogens (tertiary/aromatic N) is 1. The van der Waals surface area contributed by atoms with Crippen molar-refractivity contribution in [3.8, 4) is 0 Å². The lowest BCUT2D eigenvalue weighted by atomic mass is 9.99. The number of esters is 1. The molecule has 0 atom stereocenters. The van der Waals surface area contributed by atoms with Crippen LogP contribution in [0.15, 0.2) is 48.5 Å². The van der Waals surface area contributed by atoms with E-state index >= 15 is 0 Å². The van der Waals surface area contributed by atoms with Crippen LogP contribution in [0, 0.1) is 5.92 Å². The molecule has 5 heteroatoms. The number of carbonyl (C=O) groups is 2. The first-order chi connectivity index (χ1) is 12.6. The molecule has 1 N–H and O–H groups in total. The topological polar surface area (TPSA) is 58.6 Å². The first-order valence-corrected chi connectivity index (χ1v) is 8.91. The Morgan fingerprint density at radius 2 is 1.54 bits per heavy atom. The van der Waals surface area contributed by atoms with Crippen molar-refractivity contribution in [2.75, 3.05) is 30.4 Å². The molecule has 5 nitrogen and oxygen atoms in total. The lowest BCUT2D eigenvalue weighted by Gasteiger charge is -2.32. The van der Waals surface area contributed by atoms with Gasteiger partial charge in [0.25, 0.3) is 5.91 Å². The molecular weight excluding hydrogens is 328 g/mol. The van der Waals surface area contributed by atoms with E-state index in [2.05, 4.69) is 21.9 Å². The Morgan fingerprint density at radius 3 is 2.12 bits per heavy atom. The normalized spacial score (nSPS) is 14.8. The van der Waals surface area contributed by atoms with Gasteiger partial charge < -0.3 is 15.0 Å². The quantitative estimate of drug-likeness (QED) is 0.846. The van der Waals surface area contributed by atoms with Crippen molar-refractivity contribution in [1.82, 2.24) is 0 Å². The van der Waals surface area contributed by atoms with Gasteiger partial charge in [0, 0.05) is 30.0 Å². The van der Waals surface area contributed by atoms with Crippen LogP contribution in [0.1, 0.15) is 40.5 Å². The number of hydrogen-bond donors (Lipinski definition) is 1. The van der Waals surface area contributed by atoms with E-state index in [4.69, 9.17) is 0 Å². The maximum atomic E-state index is 12.3. The van der Waals surface area contributed by atoms with Gasteiger partial charge in [-0.3, -0.25) is 4.79 Å². The van der Waals surface area contributed by atoms with Gasteiger partial charge in [0.05, 0.1) is 12.7 Å². The fourth-order valence-corrected chi connectivity index (χ4v) is 3.10. The number of ether oxygens (including phenoxy) is 1. The lowest BCUT2D eigenvalue weighted by Crippen LogP contribution is -2.32. The number of anilines is 2.